The lowest BCUT2D eigenvalue weighted by Gasteiger charge is -2.30. The summed E-state index contributed by atoms with van der Waals surface area (Å²) in [6.07, 6.45) is 0. The fraction of sp³-hybridized carbons (Fsp3) is 0.250. The van der Waals surface area contributed by atoms with Crippen LogP contribution in [0.1, 0.15) is 105 Å². The number of phenols is 2. The third-order valence-electron chi connectivity index (χ3n) is 13.0. The molecule has 8 aromatic carbocycles. The maximum absolute atomic E-state index is 13.2. The second-order valence-corrected chi connectivity index (χ2v) is 31.3. The minimum atomic E-state index is -1.14. The molecule has 8 aromatic rings. The van der Waals surface area contributed by atoms with Gasteiger partial charge in [0.15, 0.2) is 0 Å². The van der Waals surface area contributed by atoms with E-state index in [-0.39, 0.29) is 33.2 Å². The molecule has 0 unspecified atom stereocenters. The van der Waals surface area contributed by atoms with E-state index in [1.165, 1.54) is 43.0 Å². The molecule has 0 spiro atoms. The van der Waals surface area contributed by atoms with E-state index in [0.29, 0.717) is 0 Å². The largest absolute Gasteiger partial charge is 0.506 e. The van der Waals surface area contributed by atoms with Gasteiger partial charge in [0, 0.05) is 30.2 Å². The minimum absolute atomic E-state index is 0.210. The highest BCUT2D eigenvalue weighted by Gasteiger charge is 2.33. The maximum atomic E-state index is 13.2. The summed E-state index contributed by atoms with van der Waals surface area (Å²) in [6.45, 7) is 27.3. The Hall–Kier alpha value is -4.38. The Labute approximate surface area is 449 Å². The molecule has 0 fully saturated rings. The highest BCUT2D eigenvalue weighted by Crippen LogP contribution is 2.54. The van der Waals surface area contributed by atoms with Crippen molar-refractivity contribution in [3.8, 4) is 11.5 Å². The predicted molar refractivity (Wildman–Crippen MR) is 318 cm³/mol. The van der Waals surface area contributed by atoms with Crippen molar-refractivity contribution in [1.82, 2.24) is 0 Å². The first-order chi connectivity index (χ1) is 34.0. The summed E-state index contributed by atoms with van der Waals surface area (Å²) < 4.78 is 0. The fourth-order valence-electron chi connectivity index (χ4n) is 8.72. The van der Waals surface area contributed by atoms with Gasteiger partial charge in [-0.05, 0) is 130 Å². The number of fused-ring (bicyclic) bond motifs is 8. The van der Waals surface area contributed by atoms with Gasteiger partial charge < -0.3 is 10.2 Å². The molecule has 0 saturated heterocycles. The van der Waals surface area contributed by atoms with Gasteiger partial charge in [0.2, 0.25) is 0 Å². The van der Waals surface area contributed by atoms with Crippen molar-refractivity contribution in [2.45, 2.75) is 144 Å². The van der Waals surface area contributed by atoms with Crippen molar-refractivity contribution in [3.63, 3.8) is 0 Å². The first-order valence-electron chi connectivity index (χ1n) is 24.7. The number of aromatic hydroxyl groups is 2. The highest BCUT2D eigenvalue weighted by atomic mass is 32.2. The number of benzene rings is 8. The zero-order valence-electron chi connectivity index (χ0n) is 43.6. The summed E-state index contributed by atoms with van der Waals surface area (Å²) in [5.74, 6) is 0.579. The Morgan fingerprint density at radius 2 is 0.458 bits per heavy atom. The van der Waals surface area contributed by atoms with Crippen LogP contribution in [0.15, 0.2) is 209 Å². The van der Waals surface area contributed by atoms with Crippen LogP contribution in [-0.4, -0.2) is 10.2 Å². The van der Waals surface area contributed by atoms with Gasteiger partial charge in [-0.25, -0.2) is 0 Å². The molecule has 1 heterocycles. The number of phenolic OH excluding ortho intramolecular Hbond substituents is 2. The van der Waals surface area contributed by atoms with Crippen molar-refractivity contribution < 1.29 is 10.2 Å². The van der Waals surface area contributed by atoms with Crippen LogP contribution in [0.4, 0.5) is 0 Å². The summed E-state index contributed by atoms with van der Waals surface area (Å²) in [6, 6.07) is 62.2. The van der Waals surface area contributed by atoms with Crippen LogP contribution in [-0.2, 0) is 21.7 Å². The lowest BCUT2D eigenvalue weighted by atomic mass is 9.87. The molecule has 8 bridgehead atoms. The normalized spacial score (nSPS) is 13.4. The third-order valence-corrected chi connectivity index (χ3v) is 23.0. The minimum Gasteiger partial charge on any atom is -0.506 e. The summed E-state index contributed by atoms with van der Waals surface area (Å²) >= 11 is 6.73. The van der Waals surface area contributed by atoms with Crippen LogP contribution >= 0.6 is 62.9 Å². The van der Waals surface area contributed by atoms with E-state index in [9.17, 15) is 10.2 Å². The maximum Gasteiger partial charge on any atom is 0.143 e. The topological polar surface area (TPSA) is 40.5 Å². The zero-order valence-corrected chi connectivity index (χ0v) is 48.6. The molecule has 2 nitrogen and oxygen atoms in total. The molecular formula is C64H66O2P2S4. The Morgan fingerprint density at radius 3 is 0.639 bits per heavy atom. The molecular weight excluding hydrogens is 991 g/mol. The van der Waals surface area contributed by atoms with E-state index in [4.69, 9.17) is 0 Å². The number of hydrogen-bond donors (Lipinski definition) is 2. The van der Waals surface area contributed by atoms with Crippen molar-refractivity contribution >= 4 is 94.7 Å². The van der Waals surface area contributed by atoms with E-state index in [2.05, 4.69) is 253 Å². The average molecular weight is 1060 g/mol. The average Bonchev–Trinajstić information content (AvgIpc) is 3.32. The highest BCUT2D eigenvalue weighted by molar-refractivity contribution is 8.03. The molecule has 0 amide bonds. The molecule has 0 aliphatic carbocycles. The van der Waals surface area contributed by atoms with Crippen LogP contribution in [0.2, 0.25) is 0 Å². The Balaban J connectivity index is 1.45. The molecule has 368 valence electrons. The van der Waals surface area contributed by atoms with E-state index in [1.807, 2.05) is 0 Å². The van der Waals surface area contributed by atoms with E-state index < -0.39 is 15.8 Å². The molecule has 0 radical (unpaired) electrons. The van der Waals surface area contributed by atoms with Gasteiger partial charge in [-0.2, -0.15) is 0 Å². The standard InChI is InChI=1S/C64H66O2P2S4/c1-61(2,3)41-33-49-57(65)50(34-41)70-54-38-44(64(10,11)12)40-56(60(54)68(47-29-21-15-22-30-47)48-31-23-16-24-32-48)72-52-36-42(62(4,5)6)35-51(58(52)66)71-55-39-43(63(7,8)9)37-53(69-49)59(55)67(45-25-17-13-18-26-45)46-27-19-14-20-28-46/h13-40,65-66H,1-12H3. The second kappa shape index (κ2) is 20.7. The molecule has 2 N–H and O–H groups in total. The van der Waals surface area contributed by atoms with Crippen LogP contribution in [0.3, 0.4) is 0 Å². The van der Waals surface area contributed by atoms with E-state index in [1.54, 1.807) is 47.0 Å². The van der Waals surface area contributed by atoms with Crippen molar-refractivity contribution in [2.75, 3.05) is 0 Å². The first-order valence-corrected chi connectivity index (χ1v) is 30.6. The van der Waals surface area contributed by atoms with Gasteiger partial charge in [0.05, 0.1) is 19.6 Å². The predicted octanol–water partition coefficient (Wildman–Crippen LogP) is 16.7. The van der Waals surface area contributed by atoms with Gasteiger partial charge in [-0.15, -0.1) is 0 Å². The molecule has 8 heteroatoms. The Morgan fingerprint density at radius 1 is 0.278 bits per heavy atom. The summed E-state index contributed by atoms with van der Waals surface area (Å²) in [5.41, 5.74) is 3.85. The lowest BCUT2D eigenvalue weighted by molar-refractivity contribution is 0.446. The number of hydrogen-bond acceptors (Lipinski definition) is 6. The fourth-order valence-corrected chi connectivity index (χ4v) is 19.4. The summed E-state index contributed by atoms with van der Waals surface area (Å²) in [7, 11) is -2.28. The summed E-state index contributed by atoms with van der Waals surface area (Å²) in [4.78, 5) is 7.71. The van der Waals surface area contributed by atoms with Gasteiger partial charge in [0.1, 0.15) is 11.5 Å². The lowest BCUT2D eigenvalue weighted by Crippen LogP contribution is -2.25. The molecule has 0 atom stereocenters. The quantitative estimate of drug-likeness (QED) is 0.162. The molecule has 0 saturated carbocycles. The summed E-state index contributed by atoms with van der Waals surface area (Å²) in [5, 5.41) is 33.7. The van der Waals surface area contributed by atoms with Crippen LogP contribution in [0, 0.1) is 0 Å². The molecule has 1 aliphatic heterocycles. The SMILES string of the molecule is CC(C)(C)c1cc2c(O)c(c1)Sc1cc(C(C)(C)C)cc(c1P(c1ccccc1)c1ccccc1)Sc1cc(C(C)(C)C)cc(c1O)Sc1cc(C(C)(C)C)cc(c1P(c1ccccc1)c1ccccc1)S2. The van der Waals surface area contributed by atoms with Crippen LogP contribution in [0.5, 0.6) is 11.5 Å². The van der Waals surface area contributed by atoms with Crippen LogP contribution in [0.25, 0.3) is 0 Å². The van der Waals surface area contributed by atoms with E-state index in [0.717, 1.165) is 50.3 Å². The van der Waals surface area contributed by atoms with Crippen molar-refractivity contribution in [2.24, 2.45) is 0 Å². The van der Waals surface area contributed by atoms with Gasteiger partial charge >= 0.3 is 0 Å². The molecule has 9 rings (SSSR count). The molecule has 0 aromatic heterocycles. The monoisotopic (exact) mass is 1060 g/mol. The van der Waals surface area contributed by atoms with Gasteiger partial charge in [-0.3, -0.25) is 0 Å². The molecule has 1 aliphatic rings. The van der Waals surface area contributed by atoms with E-state index >= 15 is 0 Å². The van der Waals surface area contributed by atoms with Crippen molar-refractivity contribution in [1.29, 1.82) is 0 Å². The molecule has 72 heavy (non-hydrogen) atoms. The first kappa shape index (κ1) is 52.5. The van der Waals surface area contributed by atoms with Gasteiger partial charge in [0.25, 0.3) is 0 Å². The van der Waals surface area contributed by atoms with Crippen LogP contribution < -0.4 is 31.8 Å². The third kappa shape index (κ3) is 11.3. The smallest absolute Gasteiger partial charge is 0.143 e. The Kier molecular flexibility index (Phi) is 15.1. The Bertz CT molecular complexity index is 2850. The number of rotatable bonds is 6. The zero-order chi connectivity index (χ0) is 51.3. The van der Waals surface area contributed by atoms with Crippen molar-refractivity contribution in [3.05, 3.63) is 192 Å². The van der Waals surface area contributed by atoms with Gasteiger partial charge in [-0.1, -0.05) is 251 Å². The second-order valence-electron chi connectivity index (χ2n) is 22.7.